The molecule has 0 radical (unpaired) electrons. The second-order valence-electron chi connectivity index (χ2n) is 5.75. The van der Waals surface area contributed by atoms with Crippen molar-refractivity contribution in [2.75, 3.05) is 25.6 Å². The van der Waals surface area contributed by atoms with E-state index in [0.717, 1.165) is 6.00 Å². The van der Waals surface area contributed by atoms with Gasteiger partial charge >= 0.3 is 0 Å². The Kier molecular flexibility index (Phi) is 18.0. The quantitative estimate of drug-likeness (QED) is 0.146. The predicted molar refractivity (Wildman–Crippen MR) is 84.2 cm³/mol. The summed E-state index contributed by atoms with van der Waals surface area (Å²) in [7, 11) is 0. The maximum atomic E-state index is 6.32. The Hall–Kier alpha value is 0.980. The number of rotatable bonds is 13. The lowest BCUT2D eigenvalue weighted by Crippen LogP contribution is -3.00. The summed E-state index contributed by atoms with van der Waals surface area (Å²) in [5, 5.41) is 0. The van der Waals surface area contributed by atoms with Crippen LogP contribution in [0.1, 0.15) is 78.6 Å². The van der Waals surface area contributed by atoms with Crippen LogP contribution in [0.5, 0.6) is 0 Å². The van der Waals surface area contributed by atoms with E-state index in [0.29, 0.717) is 0 Å². The largest absolute Gasteiger partial charge is 1.00 e. The summed E-state index contributed by atoms with van der Waals surface area (Å²) in [5.74, 6) is 0. The topological polar surface area (TPSA) is 0 Å². The average molecular weight is 404 g/mol. The normalized spacial score (nSPS) is 13.9. The average Bonchev–Trinajstić information content (AvgIpc) is 2.40. The summed E-state index contributed by atoms with van der Waals surface area (Å²) < 4.78 is 1.17. The molecule has 0 bridgehead atoms. The zero-order valence-electron chi connectivity index (χ0n) is 13.4. The van der Waals surface area contributed by atoms with Gasteiger partial charge in [-0.3, -0.25) is 0 Å². The fraction of sp³-hybridized carbons (Fsp3) is 1.00. The van der Waals surface area contributed by atoms with E-state index in [1.807, 2.05) is 0 Å². The van der Waals surface area contributed by atoms with Crippen molar-refractivity contribution in [2.24, 2.45) is 0 Å². The van der Waals surface area contributed by atoms with Crippen LogP contribution in [0.15, 0.2) is 0 Å². The Bertz CT molecular complexity index is 178. The van der Waals surface area contributed by atoms with Crippen LogP contribution < -0.4 is 24.0 Å². The highest BCUT2D eigenvalue weighted by molar-refractivity contribution is 6.16. The molecule has 1 unspecified atom stereocenters. The van der Waals surface area contributed by atoms with E-state index in [2.05, 4.69) is 20.8 Å². The summed E-state index contributed by atoms with van der Waals surface area (Å²) in [5.41, 5.74) is 0. The van der Waals surface area contributed by atoms with E-state index in [-0.39, 0.29) is 24.0 Å². The van der Waals surface area contributed by atoms with Gasteiger partial charge < -0.3 is 28.5 Å². The van der Waals surface area contributed by atoms with Gasteiger partial charge in [-0.15, -0.1) is 0 Å². The van der Waals surface area contributed by atoms with E-state index >= 15 is 0 Å². The summed E-state index contributed by atoms with van der Waals surface area (Å²) in [6.45, 7) is 10.7. The third kappa shape index (κ3) is 11.3. The zero-order valence-corrected chi connectivity index (χ0v) is 16.3. The molecule has 0 spiro atoms. The molecule has 1 atom stereocenters. The lowest BCUT2D eigenvalue weighted by molar-refractivity contribution is -0.918. The molecule has 0 aliphatic rings. The maximum absolute atomic E-state index is 6.32. The number of hydrogen-bond donors (Lipinski definition) is 0. The second-order valence-corrected chi connectivity index (χ2v) is 5.99. The van der Waals surface area contributed by atoms with Gasteiger partial charge in [-0.1, -0.05) is 58.1 Å². The van der Waals surface area contributed by atoms with Crippen LogP contribution in [0.3, 0.4) is 0 Å². The third-order valence-corrected chi connectivity index (χ3v) is 4.47. The Balaban J connectivity index is 0. The molecule has 0 N–H and O–H groups in total. The van der Waals surface area contributed by atoms with Crippen LogP contribution in [-0.4, -0.2) is 30.1 Å². The van der Waals surface area contributed by atoms with Crippen LogP contribution in [0.4, 0.5) is 0 Å². The van der Waals surface area contributed by atoms with E-state index in [1.165, 1.54) is 81.9 Å². The minimum absolute atomic E-state index is 0. The maximum Gasteiger partial charge on any atom is 0.154 e. The molecule has 0 saturated carbocycles. The first-order valence-electron chi connectivity index (χ1n) is 8.15. The smallest absolute Gasteiger partial charge is 0.154 e. The molecule has 0 aromatic rings. The van der Waals surface area contributed by atoms with Crippen LogP contribution >= 0.6 is 11.6 Å². The van der Waals surface area contributed by atoms with Gasteiger partial charge in [0.05, 0.1) is 19.6 Å². The first kappa shape index (κ1) is 22.3. The van der Waals surface area contributed by atoms with Crippen molar-refractivity contribution in [3.63, 3.8) is 0 Å². The van der Waals surface area contributed by atoms with Crippen molar-refractivity contribution in [3.8, 4) is 0 Å². The lowest BCUT2D eigenvalue weighted by atomic mass is 10.1. The van der Waals surface area contributed by atoms with Crippen molar-refractivity contribution in [1.82, 2.24) is 0 Å². The summed E-state index contributed by atoms with van der Waals surface area (Å²) in [6.07, 6.45) is 12.1. The molecule has 0 aliphatic heterocycles. The highest BCUT2D eigenvalue weighted by Gasteiger charge is 2.24. The minimum atomic E-state index is 0. The van der Waals surface area contributed by atoms with E-state index in [1.54, 1.807) is 0 Å². The lowest BCUT2D eigenvalue weighted by Gasteiger charge is -2.37. The number of alkyl halides is 1. The van der Waals surface area contributed by atoms with Gasteiger partial charge in [0.2, 0.25) is 0 Å². The van der Waals surface area contributed by atoms with Gasteiger partial charge in [-0.25, -0.2) is 0 Å². The number of quaternary nitrogens is 1. The standard InChI is InChI=1S/C16H35ClN.HI/c1-4-7-10-12-15-18(16-17,13-9-6-3)14-11-8-5-2;/h4-16H2,1-3H3;1H/q+1;/p-1. The van der Waals surface area contributed by atoms with Crippen molar-refractivity contribution in [2.45, 2.75) is 78.6 Å². The molecule has 0 saturated heterocycles. The Morgan fingerprint density at radius 3 is 1.53 bits per heavy atom. The highest BCUT2D eigenvalue weighted by Crippen LogP contribution is 2.17. The van der Waals surface area contributed by atoms with Crippen LogP contribution in [0.25, 0.3) is 0 Å². The van der Waals surface area contributed by atoms with Gasteiger partial charge in [0, 0.05) is 0 Å². The summed E-state index contributed by atoms with van der Waals surface area (Å²) in [4.78, 5) is 0. The molecule has 0 fully saturated rings. The van der Waals surface area contributed by atoms with Crippen molar-refractivity contribution >= 4 is 11.6 Å². The summed E-state index contributed by atoms with van der Waals surface area (Å²) in [6, 6.07) is 0.815. The number of hydrogen-bond acceptors (Lipinski definition) is 0. The Labute approximate surface area is 144 Å². The SMILES string of the molecule is CCCCCC[N+](CCl)(CCCC)CCCCC.[I-]. The minimum Gasteiger partial charge on any atom is -1.00 e. The van der Waals surface area contributed by atoms with Gasteiger partial charge in [-0.2, -0.15) is 0 Å². The molecular weight excluding hydrogens is 369 g/mol. The van der Waals surface area contributed by atoms with E-state index in [4.69, 9.17) is 11.6 Å². The molecule has 1 nitrogen and oxygen atoms in total. The molecule has 0 heterocycles. The van der Waals surface area contributed by atoms with Crippen molar-refractivity contribution < 1.29 is 28.5 Å². The first-order valence-corrected chi connectivity index (χ1v) is 8.69. The second kappa shape index (κ2) is 15.4. The monoisotopic (exact) mass is 403 g/mol. The number of unbranched alkanes of at least 4 members (excludes halogenated alkanes) is 6. The fourth-order valence-electron chi connectivity index (χ4n) is 2.58. The van der Waals surface area contributed by atoms with Gasteiger partial charge in [0.25, 0.3) is 0 Å². The molecule has 19 heavy (non-hydrogen) atoms. The third-order valence-electron chi connectivity index (χ3n) is 3.96. The molecule has 0 aliphatic carbocycles. The number of nitrogens with zero attached hydrogens (tertiary/aromatic N) is 1. The van der Waals surface area contributed by atoms with Crippen molar-refractivity contribution in [1.29, 1.82) is 0 Å². The predicted octanol–water partition coefficient (Wildman–Crippen LogP) is 2.57. The van der Waals surface area contributed by atoms with Crippen LogP contribution in [-0.2, 0) is 0 Å². The number of halogens is 2. The van der Waals surface area contributed by atoms with Crippen LogP contribution in [0, 0.1) is 0 Å². The van der Waals surface area contributed by atoms with Gasteiger partial charge in [-0.05, 0) is 32.1 Å². The fourth-order valence-corrected chi connectivity index (χ4v) is 2.94. The van der Waals surface area contributed by atoms with E-state index in [9.17, 15) is 0 Å². The van der Waals surface area contributed by atoms with Gasteiger partial charge in [0.1, 0.15) is 0 Å². The molecule has 0 aromatic heterocycles. The first-order chi connectivity index (χ1) is 8.74. The summed E-state index contributed by atoms with van der Waals surface area (Å²) >= 11 is 6.32. The van der Waals surface area contributed by atoms with Crippen molar-refractivity contribution in [3.05, 3.63) is 0 Å². The molecular formula is C16H35ClIN. The highest BCUT2D eigenvalue weighted by atomic mass is 127. The molecule has 0 aromatic carbocycles. The molecule has 3 heteroatoms. The van der Waals surface area contributed by atoms with E-state index < -0.39 is 0 Å². The molecule has 0 rings (SSSR count). The Morgan fingerprint density at radius 1 is 0.632 bits per heavy atom. The zero-order chi connectivity index (χ0) is 13.7. The van der Waals surface area contributed by atoms with Crippen LogP contribution in [0.2, 0.25) is 0 Å². The van der Waals surface area contributed by atoms with Gasteiger partial charge in [0.15, 0.2) is 6.00 Å². The Morgan fingerprint density at radius 2 is 1.05 bits per heavy atom. The molecule has 0 amide bonds. The molecule has 118 valence electrons.